The largest absolute Gasteiger partial charge is 0.481 e. The van der Waals surface area contributed by atoms with Gasteiger partial charge in [-0.2, -0.15) is 0 Å². The molecule has 6 nitrogen and oxygen atoms in total. The number of carboxylic acids is 1. The van der Waals surface area contributed by atoms with Crippen molar-refractivity contribution in [3.05, 3.63) is 30.1 Å². The van der Waals surface area contributed by atoms with Crippen LogP contribution in [-0.4, -0.2) is 40.9 Å². The van der Waals surface area contributed by atoms with E-state index in [4.69, 9.17) is 5.11 Å². The number of hydrogen-bond donors (Lipinski definition) is 2. The fourth-order valence-corrected chi connectivity index (χ4v) is 2.19. The molecule has 1 saturated heterocycles. The van der Waals surface area contributed by atoms with Gasteiger partial charge in [0.15, 0.2) is 0 Å². The van der Waals surface area contributed by atoms with Crippen LogP contribution in [-0.2, 0) is 14.4 Å². The van der Waals surface area contributed by atoms with E-state index in [0.717, 1.165) is 0 Å². The number of para-hydroxylation sites is 1. The van der Waals surface area contributed by atoms with Crippen molar-refractivity contribution in [2.24, 2.45) is 5.92 Å². The standard InChI is InChI=1S/C14H15FN2O4/c15-10-3-1-2-4-11(10)16-12(18)8-17-7-9(14(20)21)5-6-13(17)19/h1-4,9H,5-8H2,(H,16,18)(H,20,21). The lowest BCUT2D eigenvalue weighted by molar-refractivity contribution is -0.148. The fourth-order valence-electron chi connectivity index (χ4n) is 2.19. The maximum atomic E-state index is 13.4. The Morgan fingerprint density at radius 2 is 2.10 bits per heavy atom. The molecule has 0 aliphatic carbocycles. The van der Waals surface area contributed by atoms with Gasteiger partial charge in [-0.15, -0.1) is 0 Å². The van der Waals surface area contributed by atoms with Gasteiger partial charge in [0.05, 0.1) is 18.2 Å². The maximum absolute atomic E-state index is 13.4. The monoisotopic (exact) mass is 294 g/mol. The Labute approximate surface area is 120 Å². The first-order valence-corrected chi connectivity index (χ1v) is 6.52. The van der Waals surface area contributed by atoms with Gasteiger partial charge in [-0.1, -0.05) is 12.1 Å². The molecule has 0 aromatic heterocycles. The summed E-state index contributed by atoms with van der Waals surface area (Å²) in [5, 5.41) is 11.3. The number of halogens is 1. The predicted molar refractivity (Wildman–Crippen MR) is 72.0 cm³/mol. The number of amides is 2. The summed E-state index contributed by atoms with van der Waals surface area (Å²) < 4.78 is 13.4. The lowest BCUT2D eigenvalue weighted by atomic mass is 9.98. The van der Waals surface area contributed by atoms with Crippen LogP contribution in [0.1, 0.15) is 12.8 Å². The smallest absolute Gasteiger partial charge is 0.308 e. The predicted octanol–water partition coefficient (Wildman–Crippen LogP) is 1.09. The second-order valence-electron chi connectivity index (χ2n) is 4.88. The number of rotatable bonds is 4. The Kier molecular flexibility index (Phi) is 4.52. The molecule has 2 amide bonds. The Morgan fingerprint density at radius 1 is 1.38 bits per heavy atom. The summed E-state index contributed by atoms with van der Waals surface area (Å²) in [4.78, 5) is 35.7. The number of benzene rings is 1. The first-order valence-electron chi connectivity index (χ1n) is 6.52. The Balaban J connectivity index is 1.96. The lowest BCUT2D eigenvalue weighted by Gasteiger charge is -2.30. The molecular weight excluding hydrogens is 279 g/mol. The van der Waals surface area contributed by atoms with Crippen LogP contribution in [0.15, 0.2) is 24.3 Å². The van der Waals surface area contributed by atoms with Crippen LogP contribution in [0.3, 0.4) is 0 Å². The average molecular weight is 294 g/mol. The number of nitrogens with one attached hydrogen (secondary N) is 1. The molecule has 112 valence electrons. The number of carbonyl (C=O) groups excluding carboxylic acids is 2. The summed E-state index contributed by atoms with van der Waals surface area (Å²) in [5.41, 5.74) is 0.0294. The van der Waals surface area contributed by atoms with Crippen LogP contribution >= 0.6 is 0 Å². The second kappa shape index (κ2) is 6.34. The molecule has 1 unspecified atom stereocenters. The average Bonchev–Trinajstić information content (AvgIpc) is 2.43. The highest BCUT2D eigenvalue weighted by Gasteiger charge is 2.31. The minimum absolute atomic E-state index is 0.00113. The number of carboxylic acid groups (broad SMARTS) is 1. The van der Waals surface area contributed by atoms with Gasteiger partial charge in [0.25, 0.3) is 0 Å². The highest BCUT2D eigenvalue weighted by molar-refractivity contribution is 5.95. The third-order valence-electron chi connectivity index (χ3n) is 3.33. The first kappa shape index (κ1) is 15.0. The van der Waals surface area contributed by atoms with Crippen molar-refractivity contribution in [1.29, 1.82) is 0 Å². The van der Waals surface area contributed by atoms with Gasteiger partial charge in [0, 0.05) is 13.0 Å². The van der Waals surface area contributed by atoms with E-state index in [2.05, 4.69) is 5.32 Å². The Hall–Kier alpha value is -2.44. The van der Waals surface area contributed by atoms with Crippen LogP contribution in [0.4, 0.5) is 10.1 Å². The van der Waals surface area contributed by atoms with Crippen molar-refractivity contribution in [3.63, 3.8) is 0 Å². The van der Waals surface area contributed by atoms with Crippen molar-refractivity contribution in [2.45, 2.75) is 12.8 Å². The molecule has 2 rings (SSSR count). The number of nitrogens with zero attached hydrogens (tertiary/aromatic N) is 1. The summed E-state index contributed by atoms with van der Waals surface area (Å²) >= 11 is 0. The van der Waals surface area contributed by atoms with Gasteiger partial charge in [-0.3, -0.25) is 14.4 Å². The lowest BCUT2D eigenvalue weighted by Crippen LogP contribution is -2.46. The first-order chi connectivity index (χ1) is 9.97. The van der Waals surface area contributed by atoms with Crippen LogP contribution < -0.4 is 5.32 Å². The van der Waals surface area contributed by atoms with Crippen LogP contribution in [0.2, 0.25) is 0 Å². The highest BCUT2D eigenvalue weighted by atomic mass is 19.1. The molecule has 7 heteroatoms. The summed E-state index contributed by atoms with van der Waals surface area (Å²) in [6.45, 7) is -0.282. The van der Waals surface area contributed by atoms with Crippen molar-refractivity contribution in [1.82, 2.24) is 4.90 Å². The molecule has 2 N–H and O–H groups in total. The maximum Gasteiger partial charge on any atom is 0.308 e. The van der Waals surface area contributed by atoms with Gasteiger partial charge in [0.2, 0.25) is 11.8 Å². The number of hydrogen-bond acceptors (Lipinski definition) is 3. The number of piperidine rings is 1. The molecule has 1 aromatic carbocycles. The number of anilines is 1. The van der Waals surface area contributed by atoms with Gasteiger partial charge in [-0.05, 0) is 18.6 Å². The molecule has 1 aromatic rings. The van der Waals surface area contributed by atoms with E-state index in [1.54, 1.807) is 6.07 Å². The normalized spacial score (nSPS) is 18.4. The zero-order valence-electron chi connectivity index (χ0n) is 11.2. The minimum Gasteiger partial charge on any atom is -0.481 e. The third kappa shape index (κ3) is 3.77. The van der Waals surface area contributed by atoms with Gasteiger partial charge in [-0.25, -0.2) is 4.39 Å². The summed E-state index contributed by atoms with van der Waals surface area (Å²) in [6.07, 6.45) is 0.379. The molecule has 0 radical (unpaired) electrons. The molecule has 1 heterocycles. The SMILES string of the molecule is O=C(CN1CC(C(=O)O)CCC1=O)Nc1ccccc1F. The van der Waals surface area contributed by atoms with E-state index in [9.17, 15) is 18.8 Å². The Morgan fingerprint density at radius 3 is 2.76 bits per heavy atom. The number of likely N-dealkylation sites (tertiary alicyclic amines) is 1. The fraction of sp³-hybridized carbons (Fsp3) is 0.357. The highest BCUT2D eigenvalue weighted by Crippen LogP contribution is 2.18. The van der Waals surface area contributed by atoms with Crippen molar-refractivity contribution < 1.29 is 23.9 Å². The number of aliphatic carboxylic acids is 1. The Bertz CT molecular complexity index is 576. The second-order valence-corrected chi connectivity index (χ2v) is 4.88. The topological polar surface area (TPSA) is 86.7 Å². The van der Waals surface area contributed by atoms with E-state index in [0.29, 0.717) is 0 Å². The van der Waals surface area contributed by atoms with Crippen molar-refractivity contribution in [2.75, 3.05) is 18.4 Å². The van der Waals surface area contributed by atoms with Gasteiger partial charge >= 0.3 is 5.97 Å². The minimum atomic E-state index is -0.984. The van der Waals surface area contributed by atoms with E-state index >= 15 is 0 Å². The van der Waals surface area contributed by atoms with Crippen LogP contribution in [0.25, 0.3) is 0 Å². The molecule has 0 spiro atoms. The molecule has 1 atom stereocenters. The molecule has 1 aliphatic rings. The molecule has 1 fully saturated rings. The van der Waals surface area contributed by atoms with Crippen molar-refractivity contribution in [3.8, 4) is 0 Å². The van der Waals surface area contributed by atoms with Crippen molar-refractivity contribution >= 4 is 23.5 Å². The molecule has 0 saturated carbocycles. The zero-order valence-corrected chi connectivity index (χ0v) is 11.2. The quantitative estimate of drug-likeness (QED) is 0.870. The molecular formula is C14H15FN2O4. The molecule has 0 bridgehead atoms. The summed E-state index contributed by atoms with van der Waals surface area (Å²) in [7, 11) is 0. The zero-order chi connectivity index (χ0) is 15.4. The van der Waals surface area contributed by atoms with E-state index in [-0.39, 0.29) is 37.5 Å². The number of carbonyl (C=O) groups is 3. The van der Waals surface area contributed by atoms with E-state index in [1.165, 1.54) is 23.1 Å². The van der Waals surface area contributed by atoms with E-state index in [1.807, 2.05) is 0 Å². The van der Waals surface area contributed by atoms with Crippen LogP contribution in [0.5, 0.6) is 0 Å². The third-order valence-corrected chi connectivity index (χ3v) is 3.33. The van der Waals surface area contributed by atoms with Gasteiger partial charge < -0.3 is 15.3 Å². The molecule has 1 aliphatic heterocycles. The molecule has 21 heavy (non-hydrogen) atoms. The van der Waals surface area contributed by atoms with E-state index < -0.39 is 23.6 Å². The van der Waals surface area contributed by atoms with Gasteiger partial charge in [0.1, 0.15) is 5.82 Å². The summed E-state index contributed by atoms with van der Waals surface area (Å²) in [5.74, 6) is -3.04. The van der Waals surface area contributed by atoms with Crippen LogP contribution in [0, 0.1) is 11.7 Å². The summed E-state index contributed by atoms with van der Waals surface area (Å²) in [6, 6.07) is 5.69.